The summed E-state index contributed by atoms with van der Waals surface area (Å²) in [5.74, 6) is -1.00. The number of hydrogen-bond acceptors (Lipinski definition) is 3. The van der Waals surface area contributed by atoms with Gasteiger partial charge in [-0.2, -0.15) is 0 Å². The Morgan fingerprint density at radius 1 is 1.83 bits per heavy atom. The smallest absolute Gasteiger partial charge is 0.320 e. The number of aromatic amines is 1. The van der Waals surface area contributed by atoms with Gasteiger partial charge in [0.15, 0.2) is 0 Å². The zero-order valence-electron chi connectivity index (χ0n) is 6.20. The molecule has 0 aliphatic carbocycles. The van der Waals surface area contributed by atoms with Crippen molar-refractivity contribution in [3.8, 4) is 0 Å². The molecular weight excluding hydrogens is 298 g/mol. The first kappa shape index (κ1) is 12.2. The maximum atomic E-state index is 10.3. The van der Waals surface area contributed by atoms with Gasteiger partial charge in [0.1, 0.15) is 6.04 Å². The molecule has 0 bridgehead atoms. The number of rotatable bonds is 3. The maximum Gasteiger partial charge on any atom is 0.320 e. The van der Waals surface area contributed by atoms with Gasteiger partial charge in [0, 0.05) is 67.7 Å². The molecule has 0 fully saturated rings. The maximum absolute atomic E-state index is 10.3. The molecule has 0 saturated heterocycles. The summed E-state index contributed by atoms with van der Waals surface area (Å²) in [5, 5.41) is 8.42. The van der Waals surface area contributed by atoms with Crippen LogP contribution in [0.25, 0.3) is 0 Å². The van der Waals surface area contributed by atoms with Gasteiger partial charge >= 0.3 is 5.97 Å². The van der Waals surface area contributed by atoms with Gasteiger partial charge in [0.25, 0.3) is 0 Å². The van der Waals surface area contributed by atoms with Gasteiger partial charge in [0.2, 0.25) is 0 Å². The minimum atomic E-state index is -1.00. The van der Waals surface area contributed by atoms with Crippen LogP contribution in [0.15, 0.2) is 12.5 Å². The van der Waals surface area contributed by atoms with Gasteiger partial charge in [-0.15, -0.1) is 0 Å². The molecule has 0 saturated carbocycles. The van der Waals surface area contributed by atoms with Crippen molar-refractivity contribution in [3.63, 3.8) is 0 Å². The van der Waals surface area contributed by atoms with Gasteiger partial charge < -0.3 is 15.8 Å². The number of carbonyl (C=O) groups is 1. The Morgan fingerprint density at radius 2 is 2.50 bits per heavy atom. The van der Waals surface area contributed by atoms with Crippen LogP contribution in [0.1, 0.15) is 5.69 Å². The molecule has 1 unspecified atom stereocenters. The van der Waals surface area contributed by atoms with Crippen LogP contribution in [0.5, 0.6) is 0 Å². The number of H-pyrrole nitrogens is 1. The second-order valence-electron chi connectivity index (χ2n) is 2.23. The van der Waals surface area contributed by atoms with E-state index in [0.717, 1.165) is 5.69 Å². The van der Waals surface area contributed by atoms with Crippen molar-refractivity contribution in [1.82, 2.24) is 9.97 Å². The molecule has 4 N–H and O–H groups in total. The fourth-order valence-corrected chi connectivity index (χ4v) is 0.721. The first-order valence-corrected chi connectivity index (χ1v) is 3.16. The number of hydrogen-bond donors (Lipinski definition) is 3. The number of aliphatic carboxylic acids is 1. The SMILES string of the molecule is NC(Cc1cnc[nH]1)C(=O)O.[Eu]. The molecule has 12 heavy (non-hydrogen) atoms. The van der Waals surface area contributed by atoms with E-state index < -0.39 is 12.0 Å². The number of carboxylic acids is 1. The van der Waals surface area contributed by atoms with E-state index in [9.17, 15) is 4.79 Å². The van der Waals surface area contributed by atoms with E-state index in [1.54, 1.807) is 6.20 Å². The van der Waals surface area contributed by atoms with Crippen LogP contribution in [0.3, 0.4) is 0 Å². The van der Waals surface area contributed by atoms with E-state index in [-0.39, 0.29) is 55.8 Å². The largest absolute Gasteiger partial charge is 0.480 e. The van der Waals surface area contributed by atoms with Gasteiger partial charge in [0.05, 0.1) is 6.33 Å². The fourth-order valence-electron chi connectivity index (χ4n) is 0.721. The molecule has 0 aliphatic heterocycles. The summed E-state index contributed by atoms with van der Waals surface area (Å²) in [6.45, 7) is 0. The van der Waals surface area contributed by atoms with Crippen LogP contribution in [0, 0.1) is 49.4 Å². The second-order valence-corrected chi connectivity index (χ2v) is 2.23. The van der Waals surface area contributed by atoms with Gasteiger partial charge in [-0.25, -0.2) is 4.98 Å². The van der Waals surface area contributed by atoms with Crippen LogP contribution in [-0.2, 0) is 11.2 Å². The summed E-state index contributed by atoms with van der Waals surface area (Å²) in [6.07, 6.45) is 3.34. The van der Waals surface area contributed by atoms with Gasteiger partial charge in [-0.05, 0) is 0 Å². The third kappa shape index (κ3) is 3.75. The summed E-state index contributed by atoms with van der Waals surface area (Å²) < 4.78 is 0. The summed E-state index contributed by atoms with van der Waals surface area (Å²) in [4.78, 5) is 16.8. The Labute approximate surface area is 110 Å². The van der Waals surface area contributed by atoms with Crippen molar-refractivity contribution >= 4 is 5.97 Å². The minimum absolute atomic E-state index is 0. The third-order valence-electron chi connectivity index (χ3n) is 1.31. The second kappa shape index (κ2) is 5.80. The van der Waals surface area contributed by atoms with Crippen molar-refractivity contribution in [2.75, 3.05) is 0 Å². The number of nitrogens with two attached hydrogens (primary N) is 1. The van der Waals surface area contributed by atoms with E-state index in [1.807, 2.05) is 0 Å². The molecule has 1 heterocycles. The quantitative estimate of drug-likeness (QED) is 0.693. The fraction of sp³-hybridized carbons (Fsp3) is 0.333. The van der Waals surface area contributed by atoms with Crippen molar-refractivity contribution in [2.45, 2.75) is 12.5 Å². The average molecular weight is 307 g/mol. The molecular formula is C6H9EuN3O2. The van der Waals surface area contributed by atoms with E-state index >= 15 is 0 Å². The first-order valence-electron chi connectivity index (χ1n) is 3.16. The molecule has 6 heteroatoms. The van der Waals surface area contributed by atoms with Crippen molar-refractivity contribution in [1.29, 1.82) is 0 Å². The predicted molar refractivity (Wildman–Crippen MR) is 37.9 cm³/mol. The molecule has 0 aliphatic rings. The topological polar surface area (TPSA) is 92.0 Å². The molecule has 1 rings (SSSR count). The van der Waals surface area contributed by atoms with Crippen molar-refractivity contribution in [2.24, 2.45) is 5.73 Å². The molecule has 67 valence electrons. The van der Waals surface area contributed by atoms with Crippen LogP contribution in [0.2, 0.25) is 0 Å². The molecule has 1 radical (unpaired) electrons. The standard InChI is InChI=1S/C6H9N3O2.Eu/c7-5(6(10)11)1-4-2-8-3-9-4;/h2-3,5H,1,7H2,(H,8,9)(H,10,11);. The summed E-state index contributed by atoms with van der Waals surface area (Å²) >= 11 is 0. The number of nitrogens with one attached hydrogen (secondary N) is 1. The Morgan fingerprint density at radius 3 is 2.92 bits per heavy atom. The van der Waals surface area contributed by atoms with Gasteiger partial charge in [-0.3, -0.25) is 4.79 Å². The van der Waals surface area contributed by atoms with E-state index in [0.29, 0.717) is 0 Å². The average Bonchev–Trinajstić information content (AvgIpc) is 2.39. The van der Waals surface area contributed by atoms with Crippen LogP contribution >= 0.6 is 0 Å². The first-order chi connectivity index (χ1) is 5.20. The predicted octanol–water partition coefficient (Wildman–Crippen LogP) is -0.636. The number of aromatic nitrogens is 2. The number of carboxylic acid groups (broad SMARTS) is 1. The van der Waals surface area contributed by atoms with E-state index in [2.05, 4.69) is 9.97 Å². The summed E-state index contributed by atoms with van der Waals surface area (Å²) in [6, 6.07) is -0.851. The molecule has 1 aromatic heterocycles. The van der Waals surface area contributed by atoms with Gasteiger partial charge in [-0.1, -0.05) is 0 Å². The van der Waals surface area contributed by atoms with Crippen LogP contribution in [-0.4, -0.2) is 27.1 Å². The van der Waals surface area contributed by atoms with Crippen LogP contribution < -0.4 is 5.73 Å². The molecule has 1 aromatic rings. The molecule has 0 aromatic carbocycles. The zero-order valence-corrected chi connectivity index (χ0v) is 8.62. The summed E-state index contributed by atoms with van der Waals surface area (Å²) in [5.41, 5.74) is 6.00. The van der Waals surface area contributed by atoms with E-state index in [4.69, 9.17) is 10.8 Å². The third-order valence-corrected chi connectivity index (χ3v) is 1.31. The molecule has 1 atom stereocenters. The normalized spacial score (nSPS) is 11.8. The minimum Gasteiger partial charge on any atom is -0.480 e. The zero-order chi connectivity index (χ0) is 8.27. The Kier molecular flexibility index (Phi) is 5.91. The molecule has 0 amide bonds. The Bertz CT molecular complexity index is 237. The Balaban J connectivity index is 0.00000121. The van der Waals surface area contributed by atoms with Crippen LogP contribution in [0.4, 0.5) is 0 Å². The monoisotopic (exact) mass is 308 g/mol. The van der Waals surface area contributed by atoms with E-state index in [1.165, 1.54) is 6.33 Å². The number of imidazole rings is 1. The molecule has 5 nitrogen and oxygen atoms in total. The summed E-state index contributed by atoms with van der Waals surface area (Å²) in [7, 11) is 0. The van der Waals surface area contributed by atoms with Crippen molar-refractivity contribution in [3.05, 3.63) is 18.2 Å². The number of nitrogens with zero attached hydrogens (tertiary/aromatic N) is 1. The van der Waals surface area contributed by atoms with Crippen molar-refractivity contribution < 1.29 is 59.3 Å². The molecule has 0 spiro atoms. The Hall–Kier alpha value is 0.224.